The minimum absolute atomic E-state index is 0.127. The van der Waals surface area contributed by atoms with Gasteiger partial charge in [0.1, 0.15) is 11.6 Å². The van der Waals surface area contributed by atoms with E-state index < -0.39 is 0 Å². The third-order valence-corrected chi connectivity index (χ3v) is 3.70. The first kappa shape index (κ1) is 15.2. The van der Waals surface area contributed by atoms with Crippen LogP contribution in [0.3, 0.4) is 0 Å². The lowest BCUT2D eigenvalue weighted by Crippen LogP contribution is -2.51. The highest BCUT2D eigenvalue weighted by molar-refractivity contribution is 5.21. The number of nitrogens with two attached hydrogens (primary N) is 1. The normalized spacial score (nSPS) is 23.8. The number of hydrogen-bond donors (Lipinski definition) is 1. The first-order valence-corrected chi connectivity index (χ1v) is 7.08. The fraction of sp³-hybridized carbons (Fsp3) is 0.600. The summed E-state index contributed by atoms with van der Waals surface area (Å²) in [5.41, 5.74) is 5.99. The number of ether oxygens (including phenoxy) is 2. The monoisotopic (exact) mass is 282 g/mol. The molecule has 2 N–H and O–H groups in total. The Balaban J connectivity index is 1.65. The summed E-state index contributed by atoms with van der Waals surface area (Å²) in [4.78, 5) is 2.35. The summed E-state index contributed by atoms with van der Waals surface area (Å²) in [6.07, 6.45) is 2.03. The van der Waals surface area contributed by atoms with E-state index in [0.29, 0.717) is 12.4 Å². The summed E-state index contributed by atoms with van der Waals surface area (Å²) in [7, 11) is 1.71. The van der Waals surface area contributed by atoms with E-state index in [1.807, 2.05) is 0 Å². The lowest BCUT2D eigenvalue weighted by Gasteiger charge is -2.35. The number of halogens is 1. The molecule has 0 amide bonds. The molecule has 0 aromatic heterocycles. The van der Waals surface area contributed by atoms with Crippen molar-refractivity contribution in [1.29, 1.82) is 0 Å². The number of benzene rings is 1. The molecule has 112 valence electrons. The standard InChI is InChI=1S/C15H23FN2O2/c1-19-15-11-18(9-7-14(15)17)8-2-10-20-13-5-3-12(16)4-6-13/h3-6,14-15H,2,7-11,17H2,1H3/t14-,15+/m0/s1. The summed E-state index contributed by atoms with van der Waals surface area (Å²) >= 11 is 0. The van der Waals surface area contributed by atoms with Gasteiger partial charge in [0.05, 0.1) is 12.7 Å². The minimum atomic E-state index is -0.243. The Hall–Kier alpha value is -1.17. The zero-order chi connectivity index (χ0) is 14.4. The Morgan fingerprint density at radius 3 is 2.80 bits per heavy atom. The molecule has 1 aliphatic rings. The van der Waals surface area contributed by atoms with Crippen molar-refractivity contribution < 1.29 is 13.9 Å². The van der Waals surface area contributed by atoms with Crippen molar-refractivity contribution in [3.05, 3.63) is 30.1 Å². The summed E-state index contributed by atoms with van der Waals surface area (Å²) in [5, 5.41) is 0. The second-order valence-electron chi connectivity index (χ2n) is 5.18. The van der Waals surface area contributed by atoms with Gasteiger partial charge in [-0.05, 0) is 43.7 Å². The summed E-state index contributed by atoms with van der Waals surface area (Å²) in [6, 6.07) is 6.26. The maximum absolute atomic E-state index is 12.7. The van der Waals surface area contributed by atoms with Gasteiger partial charge >= 0.3 is 0 Å². The third-order valence-electron chi connectivity index (χ3n) is 3.70. The molecule has 4 nitrogen and oxygen atoms in total. The van der Waals surface area contributed by atoms with Gasteiger partial charge in [-0.1, -0.05) is 0 Å². The lowest BCUT2D eigenvalue weighted by atomic mass is 10.0. The maximum atomic E-state index is 12.7. The fourth-order valence-electron chi connectivity index (χ4n) is 2.46. The van der Waals surface area contributed by atoms with Gasteiger partial charge in [0.15, 0.2) is 0 Å². The lowest BCUT2D eigenvalue weighted by molar-refractivity contribution is 0.0154. The maximum Gasteiger partial charge on any atom is 0.123 e. The van der Waals surface area contributed by atoms with Crippen LogP contribution in [0.25, 0.3) is 0 Å². The van der Waals surface area contributed by atoms with E-state index in [2.05, 4.69) is 4.90 Å². The van der Waals surface area contributed by atoms with Gasteiger partial charge in [-0.2, -0.15) is 0 Å². The number of nitrogens with zero attached hydrogens (tertiary/aromatic N) is 1. The van der Waals surface area contributed by atoms with Crippen molar-refractivity contribution in [2.75, 3.05) is 33.4 Å². The summed E-state index contributed by atoms with van der Waals surface area (Å²) in [6.45, 7) is 3.49. The molecule has 0 unspecified atom stereocenters. The Bertz CT molecular complexity index is 399. The average Bonchev–Trinajstić information content (AvgIpc) is 2.47. The fourth-order valence-corrected chi connectivity index (χ4v) is 2.46. The van der Waals surface area contributed by atoms with Gasteiger partial charge in [0.25, 0.3) is 0 Å². The molecule has 1 aromatic carbocycles. The minimum Gasteiger partial charge on any atom is -0.494 e. The summed E-state index contributed by atoms with van der Waals surface area (Å²) in [5.74, 6) is 0.467. The Kier molecular flexibility index (Phi) is 5.76. The molecular formula is C15H23FN2O2. The zero-order valence-electron chi connectivity index (χ0n) is 11.9. The average molecular weight is 282 g/mol. The molecule has 2 rings (SSSR count). The molecule has 1 heterocycles. The molecule has 0 radical (unpaired) electrons. The van der Waals surface area contributed by atoms with E-state index in [-0.39, 0.29) is 18.0 Å². The van der Waals surface area contributed by atoms with Gasteiger partial charge in [-0.15, -0.1) is 0 Å². The van der Waals surface area contributed by atoms with Gasteiger partial charge in [0.2, 0.25) is 0 Å². The van der Waals surface area contributed by atoms with Gasteiger partial charge in [-0.25, -0.2) is 4.39 Å². The van der Waals surface area contributed by atoms with Gasteiger partial charge in [-0.3, -0.25) is 0 Å². The van der Waals surface area contributed by atoms with Crippen molar-refractivity contribution in [3.8, 4) is 5.75 Å². The third kappa shape index (κ3) is 4.44. The molecule has 1 aliphatic heterocycles. The van der Waals surface area contributed by atoms with E-state index in [4.69, 9.17) is 15.2 Å². The van der Waals surface area contributed by atoms with Crippen molar-refractivity contribution in [2.45, 2.75) is 25.0 Å². The topological polar surface area (TPSA) is 47.7 Å². The molecular weight excluding hydrogens is 259 g/mol. The van der Waals surface area contributed by atoms with E-state index in [1.54, 1.807) is 19.2 Å². The Morgan fingerprint density at radius 2 is 2.10 bits per heavy atom. The first-order chi connectivity index (χ1) is 9.69. The molecule has 1 aromatic rings. The quantitative estimate of drug-likeness (QED) is 0.806. The number of likely N-dealkylation sites (tertiary alicyclic amines) is 1. The van der Waals surface area contributed by atoms with Crippen LogP contribution in [0.1, 0.15) is 12.8 Å². The van der Waals surface area contributed by atoms with Crippen molar-refractivity contribution in [2.24, 2.45) is 5.73 Å². The highest BCUT2D eigenvalue weighted by Gasteiger charge is 2.25. The summed E-state index contributed by atoms with van der Waals surface area (Å²) < 4.78 is 23.7. The second kappa shape index (κ2) is 7.57. The molecule has 0 bridgehead atoms. The van der Waals surface area contributed by atoms with Gasteiger partial charge in [0, 0.05) is 26.2 Å². The van der Waals surface area contributed by atoms with Crippen LogP contribution in [0, 0.1) is 5.82 Å². The van der Waals surface area contributed by atoms with E-state index >= 15 is 0 Å². The Morgan fingerprint density at radius 1 is 1.35 bits per heavy atom. The van der Waals surface area contributed by atoms with Crippen LogP contribution in [0.5, 0.6) is 5.75 Å². The predicted octanol–water partition coefficient (Wildman–Crippen LogP) is 1.64. The Labute approximate surface area is 119 Å². The molecule has 5 heteroatoms. The van der Waals surface area contributed by atoms with E-state index in [0.717, 1.165) is 32.5 Å². The molecule has 1 saturated heterocycles. The molecule has 0 aliphatic carbocycles. The largest absolute Gasteiger partial charge is 0.494 e. The van der Waals surface area contributed by atoms with Crippen LogP contribution in [0.2, 0.25) is 0 Å². The first-order valence-electron chi connectivity index (χ1n) is 7.08. The predicted molar refractivity (Wildman–Crippen MR) is 76.3 cm³/mol. The SMILES string of the molecule is CO[C@@H]1CN(CCCOc2ccc(F)cc2)CC[C@@H]1N. The van der Waals surface area contributed by atoms with E-state index in [9.17, 15) is 4.39 Å². The van der Waals surface area contributed by atoms with E-state index in [1.165, 1.54) is 12.1 Å². The molecule has 20 heavy (non-hydrogen) atoms. The number of methoxy groups -OCH3 is 1. The zero-order valence-corrected chi connectivity index (χ0v) is 11.9. The molecule has 1 fully saturated rings. The number of hydrogen-bond acceptors (Lipinski definition) is 4. The van der Waals surface area contributed by atoms with Gasteiger partial charge < -0.3 is 20.1 Å². The highest BCUT2D eigenvalue weighted by atomic mass is 19.1. The van der Waals surface area contributed by atoms with Crippen molar-refractivity contribution >= 4 is 0 Å². The van der Waals surface area contributed by atoms with Crippen molar-refractivity contribution in [3.63, 3.8) is 0 Å². The molecule has 0 saturated carbocycles. The van der Waals surface area contributed by atoms with Crippen LogP contribution in [-0.4, -0.2) is 50.4 Å². The molecule has 0 spiro atoms. The van der Waals surface area contributed by atoms with Crippen LogP contribution in [0.15, 0.2) is 24.3 Å². The number of piperidine rings is 1. The second-order valence-corrected chi connectivity index (χ2v) is 5.18. The van der Waals surface area contributed by atoms with Crippen LogP contribution >= 0.6 is 0 Å². The highest BCUT2D eigenvalue weighted by Crippen LogP contribution is 2.13. The van der Waals surface area contributed by atoms with Crippen LogP contribution < -0.4 is 10.5 Å². The number of rotatable bonds is 6. The van der Waals surface area contributed by atoms with Crippen LogP contribution in [0.4, 0.5) is 4.39 Å². The van der Waals surface area contributed by atoms with Crippen molar-refractivity contribution in [1.82, 2.24) is 4.90 Å². The van der Waals surface area contributed by atoms with Crippen LogP contribution in [-0.2, 0) is 4.74 Å². The smallest absolute Gasteiger partial charge is 0.123 e. The molecule has 2 atom stereocenters.